The third-order valence-electron chi connectivity index (χ3n) is 1.93. The molecule has 0 bridgehead atoms. The summed E-state index contributed by atoms with van der Waals surface area (Å²) in [5.74, 6) is 0. The van der Waals surface area contributed by atoms with Crippen molar-refractivity contribution in [2.45, 2.75) is 19.0 Å². The highest BCUT2D eigenvalue weighted by molar-refractivity contribution is 4.69. The molecule has 5 N–H and O–H groups in total. The van der Waals surface area contributed by atoms with Gasteiger partial charge in [0.25, 0.3) is 0 Å². The second-order valence-corrected chi connectivity index (χ2v) is 3.41. The third-order valence-corrected chi connectivity index (χ3v) is 1.93. The fourth-order valence-corrected chi connectivity index (χ4v) is 1.11. The molecule has 0 saturated heterocycles. The Morgan fingerprint density at radius 3 is 2.42 bits per heavy atom. The van der Waals surface area contributed by atoms with Crippen LogP contribution in [0.15, 0.2) is 0 Å². The summed E-state index contributed by atoms with van der Waals surface area (Å²) in [6.07, 6.45) is 0. The van der Waals surface area contributed by atoms with Crippen molar-refractivity contribution < 1.29 is 0 Å². The van der Waals surface area contributed by atoms with Crippen molar-refractivity contribution in [3.8, 4) is 0 Å². The van der Waals surface area contributed by atoms with Gasteiger partial charge in [-0.15, -0.1) is 0 Å². The van der Waals surface area contributed by atoms with E-state index in [0.29, 0.717) is 12.6 Å². The van der Waals surface area contributed by atoms with Crippen LogP contribution in [0.3, 0.4) is 0 Å². The molecule has 0 spiro atoms. The molecule has 74 valence electrons. The number of nitrogens with two attached hydrogens (primary N) is 2. The van der Waals surface area contributed by atoms with Crippen LogP contribution in [0.25, 0.3) is 0 Å². The summed E-state index contributed by atoms with van der Waals surface area (Å²) in [6, 6.07) is 0.596. The SMILES string of the molecule is CNC(C)CN(C)CC(N)CN. The Balaban J connectivity index is 3.51. The predicted molar refractivity (Wildman–Crippen MR) is 53.0 cm³/mol. The second-order valence-electron chi connectivity index (χ2n) is 3.41. The van der Waals surface area contributed by atoms with Gasteiger partial charge in [0.2, 0.25) is 0 Å². The van der Waals surface area contributed by atoms with Crippen LogP contribution in [0.5, 0.6) is 0 Å². The van der Waals surface area contributed by atoms with Crippen LogP contribution in [-0.4, -0.2) is 50.7 Å². The Morgan fingerprint density at radius 2 is 2.00 bits per heavy atom. The highest BCUT2D eigenvalue weighted by Crippen LogP contribution is 1.88. The standard InChI is InChI=1S/C8H22N4/c1-7(11-2)5-12(3)6-8(10)4-9/h7-8,11H,4-6,9-10H2,1-3H3. The molecule has 0 amide bonds. The van der Waals surface area contributed by atoms with E-state index in [0.717, 1.165) is 13.1 Å². The Morgan fingerprint density at radius 1 is 1.42 bits per heavy atom. The van der Waals surface area contributed by atoms with E-state index in [2.05, 4.69) is 24.2 Å². The predicted octanol–water partition coefficient (Wildman–Crippen LogP) is -1.19. The van der Waals surface area contributed by atoms with Crippen molar-refractivity contribution in [2.75, 3.05) is 33.7 Å². The molecule has 2 unspecified atom stereocenters. The zero-order valence-corrected chi connectivity index (χ0v) is 8.38. The molecule has 4 nitrogen and oxygen atoms in total. The van der Waals surface area contributed by atoms with Crippen molar-refractivity contribution in [3.63, 3.8) is 0 Å². The van der Waals surface area contributed by atoms with E-state index in [1.807, 2.05) is 7.05 Å². The molecule has 0 aliphatic carbocycles. The Labute approximate surface area is 75.3 Å². The first kappa shape index (κ1) is 11.8. The summed E-state index contributed by atoms with van der Waals surface area (Å²) in [5.41, 5.74) is 11.1. The number of likely N-dealkylation sites (N-methyl/N-ethyl adjacent to an activating group) is 2. The normalized spacial score (nSPS) is 16.5. The van der Waals surface area contributed by atoms with Crippen molar-refractivity contribution in [3.05, 3.63) is 0 Å². The fourth-order valence-electron chi connectivity index (χ4n) is 1.11. The maximum Gasteiger partial charge on any atom is 0.0292 e. The van der Waals surface area contributed by atoms with Gasteiger partial charge in [-0.05, 0) is 21.0 Å². The molecule has 4 heteroatoms. The summed E-state index contributed by atoms with van der Waals surface area (Å²) < 4.78 is 0. The molecule has 0 heterocycles. The Bertz CT molecular complexity index is 95.2. The molecule has 0 aromatic carbocycles. The molecule has 0 fully saturated rings. The molecule has 0 aromatic heterocycles. The van der Waals surface area contributed by atoms with Crippen LogP contribution in [0, 0.1) is 0 Å². The molecular weight excluding hydrogens is 152 g/mol. The highest BCUT2D eigenvalue weighted by Gasteiger charge is 2.07. The van der Waals surface area contributed by atoms with Crippen molar-refractivity contribution in [1.82, 2.24) is 10.2 Å². The fraction of sp³-hybridized carbons (Fsp3) is 1.00. The lowest BCUT2D eigenvalue weighted by atomic mass is 10.2. The molecule has 0 aliphatic rings. The number of hydrogen-bond donors (Lipinski definition) is 3. The quantitative estimate of drug-likeness (QED) is 0.474. The van der Waals surface area contributed by atoms with Crippen LogP contribution < -0.4 is 16.8 Å². The molecule has 0 aliphatic heterocycles. The van der Waals surface area contributed by atoms with Gasteiger partial charge in [0, 0.05) is 31.7 Å². The van der Waals surface area contributed by atoms with Crippen LogP contribution in [0.4, 0.5) is 0 Å². The van der Waals surface area contributed by atoms with Gasteiger partial charge in [-0.2, -0.15) is 0 Å². The Hall–Kier alpha value is -0.160. The van der Waals surface area contributed by atoms with Gasteiger partial charge < -0.3 is 21.7 Å². The van der Waals surface area contributed by atoms with E-state index >= 15 is 0 Å². The van der Waals surface area contributed by atoms with E-state index in [-0.39, 0.29) is 6.04 Å². The summed E-state index contributed by atoms with van der Waals surface area (Å²) in [6.45, 7) is 4.56. The lowest BCUT2D eigenvalue weighted by Gasteiger charge is -2.23. The second kappa shape index (κ2) is 6.37. The average Bonchev–Trinajstić information content (AvgIpc) is 2.03. The minimum absolute atomic E-state index is 0.0963. The smallest absolute Gasteiger partial charge is 0.0292 e. The van der Waals surface area contributed by atoms with Crippen molar-refractivity contribution in [2.24, 2.45) is 11.5 Å². The summed E-state index contributed by atoms with van der Waals surface area (Å²) in [4.78, 5) is 2.19. The van der Waals surface area contributed by atoms with Gasteiger partial charge in [-0.1, -0.05) is 0 Å². The van der Waals surface area contributed by atoms with Crippen LogP contribution >= 0.6 is 0 Å². The summed E-state index contributed by atoms with van der Waals surface area (Å²) in [7, 11) is 4.02. The van der Waals surface area contributed by atoms with Crippen LogP contribution in [0.1, 0.15) is 6.92 Å². The van der Waals surface area contributed by atoms with E-state index in [1.54, 1.807) is 0 Å². The molecule has 0 rings (SSSR count). The van der Waals surface area contributed by atoms with E-state index in [9.17, 15) is 0 Å². The van der Waals surface area contributed by atoms with Gasteiger partial charge in [0.1, 0.15) is 0 Å². The lowest BCUT2D eigenvalue weighted by Crippen LogP contribution is -2.44. The maximum atomic E-state index is 5.70. The number of nitrogens with zero attached hydrogens (tertiary/aromatic N) is 1. The molecule has 0 radical (unpaired) electrons. The van der Waals surface area contributed by atoms with Crippen molar-refractivity contribution >= 4 is 0 Å². The van der Waals surface area contributed by atoms with Crippen LogP contribution in [-0.2, 0) is 0 Å². The molecule has 0 saturated carbocycles. The van der Waals surface area contributed by atoms with Gasteiger partial charge in [0.05, 0.1) is 0 Å². The van der Waals surface area contributed by atoms with Gasteiger partial charge >= 0.3 is 0 Å². The maximum absolute atomic E-state index is 5.70. The largest absolute Gasteiger partial charge is 0.329 e. The number of nitrogens with one attached hydrogen (secondary N) is 1. The molecule has 2 atom stereocenters. The zero-order chi connectivity index (χ0) is 9.56. The molecule has 0 aromatic rings. The first-order chi connectivity index (χ1) is 5.60. The molecular formula is C8H22N4. The average molecular weight is 174 g/mol. The number of hydrogen-bond acceptors (Lipinski definition) is 4. The van der Waals surface area contributed by atoms with E-state index in [1.165, 1.54) is 0 Å². The van der Waals surface area contributed by atoms with Crippen LogP contribution in [0.2, 0.25) is 0 Å². The topological polar surface area (TPSA) is 67.3 Å². The lowest BCUT2D eigenvalue weighted by molar-refractivity contribution is 0.286. The van der Waals surface area contributed by atoms with E-state index < -0.39 is 0 Å². The van der Waals surface area contributed by atoms with Gasteiger partial charge in [0.15, 0.2) is 0 Å². The minimum atomic E-state index is 0.0963. The molecule has 12 heavy (non-hydrogen) atoms. The first-order valence-corrected chi connectivity index (χ1v) is 4.41. The van der Waals surface area contributed by atoms with Gasteiger partial charge in [-0.3, -0.25) is 0 Å². The monoisotopic (exact) mass is 174 g/mol. The van der Waals surface area contributed by atoms with E-state index in [4.69, 9.17) is 11.5 Å². The van der Waals surface area contributed by atoms with Gasteiger partial charge in [-0.25, -0.2) is 0 Å². The summed E-state index contributed by atoms with van der Waals surface area (Å²) in [5, 5.41) is 3.17. The zero-order valence-electron chi connectivity index (χ0n) is 8.38. The minimum Gasteiger partial charge on any atom is -0.329 e. The number of rotatable bonds is 6. The Kier molecular flexibility index (Phi) is 6.28. The highest BCUT2D eigenvalue weighted by atomic mass is 15.1. The summed E-state index contributed by atoms with van der Waals surface area (Å²) >= 11 is 0. The first-order valence-electron chi connectivity index (χ1n) is 4.41. The van der Waals surface area contributed by atoms with Crippen molar-refractivity contribution in [1.29, 1.82) is 0 Å². The third kappa shape index (κ3) is 5.49.